The van der Waals surface area contributed by atoms with Gasteiger partial charge in [0.25, 0.3) is 0 Å². The van der Waals surface area contributed by atoms with E-state index in [0.29, 0.717) is 5.91 Å². The Hall–Kier alpha value is -2.63. The predicted molar refractivity (Wildman–Crippen MR) is 118 cm³/mol. The first kappa shape index (κ1) is 20.6. The molecule has 1 amide bonds. The molecule has 0 radical (unpaired) electrons. The fourth-order valence-electron chi connectivity index (χ4n) is 4.70. The van der Waals surface area contributed by atoms with Gasteiger partial charge in [0.2, 0.25) is 5.91 Å². The standard InChI is InChI=1S/C24H32N4O2/c1-17-22(16-19-8-10-21(30-3)11-9-19)23(26-18(2)25-17)27-12-14-28(15-13-27)24(29)20-6-4-5-7-20/h8-11,20H,4-7,12-16H2,1-3H3. The normalized spacial score (nSPS) is 17.4. The lowest BCUT2D eigenvalue weighted by molar-refractivity contribution is -0.135. The second kappa shape index (κ2) is 9.02. The van der Waals surface area contributed by atoms with Crippen molar-refractivity contribution in [2.45, 2.75) is 46.0 Å². The number of carbonyl (C=O) groups is 1. The topological polar surface area (TPSA) is 58.6 Å². The highest BCUT2D eigenvalue weighted by molar-refractivity contribution is 5.79. The van der Waals surface area contributed by atoms with E-state index in [9.17, 15) is 4.79 Å². The van der Waals surface area contributed by atoms with Crippen molar-refractivity contribution in [2.75, 3.05) is 38.2 Å². The van der Waals surface area contributed by atoms with E-state index >= 15 is 0 Å². The van der Waals surface area contributed by atoms with Gasteiger partial charge in [-0.2, -0.15) is 0 Å². The molecule has 160 valence electrons. The van der Waals surface area contributed by atoms with E-state index in [1.165, 1.54) is 24.0 Å². The van der Waals surface area contributed by atoms with Crippen LogP contribution >= 0.6 is 0 Å². The van der Waals surface area contributed by atoms with Gasteiger partial charge in [-0.1, -0.05) is 25.0 Å². The van der Waals surface area contributed by atoms with Crippen LogP contribution in [0.25, 0.3) is 0 Å². The number of rotatable bonds is 5. The number of methoxy groups -OCH3 is 1. The van der Waals surface area contributed by atoms with Gasteiger partial charge in [0.05, 0.1) is 7.11 Å². The van der Waals surface area contributed by atoms with Gasteiger partial charge in [0, 0.05) is 49.8 Å². The van der Waals surface area contributed by atoms with Gasteiger partial charge in [-0.15, -0.1) is 0 Å². The van der Waals surface area contributed by atoms with Gasteiger partial charge in [0.15, 0.2) is 0 Å². The summed E-state index contributed by atoms with van der Waals surface area (Å²) in [5, 5.41) is 0. The number of benzene rings is 1. The summed E-state index contributed by atoms with van der Waals surface area (Å²) in [6, 6.07) is 8.18. The Morgan fingerprint density at radius 2 is 1.70 bits per heavy atom. The van der Waals surface area contributed by atoms with Gasteiger partial charge < -0.3 is 14.5 Å². The molecular formula is C24H32N4O2. The number of amides is 1. The van der Waals surface area contributed by atoms with E-state index in [1.54, 1.807) is 7.11 Å². The fourth-order valence-corrected chi connectivity index (χ4v) is 4.70. The third kappa shape index (κ3) is 4.42. The van der Waals surface area contributed by atoms with Gasteiger partial charge >= 0.3 is 0 Å². The number of hydrogen-bond acceptors (Lipinski definition) is 5. The molecule has 2 fully saturated rings. The van der Waals surface area contributed by atoms with E-state index in [2.05, 4.69) is 33.8 Å². The number of aryl methyl sites for hydroxylation is 2. The molecular weight excluding hydrogens is 376 g/mol. The van der Waals surface area contributed by atoms with Crippen LogP contribution in [0.15, 0.2) is 24.3 Å². The summed E-state index contributed by atoms with van der Waals surface area (Å²) in [7, 11) is 1.68. The predicted octanol–water partition coefficient (Wildman–Crippen LogP) is 3.53. The number of hydrogen-bond donors (Lipinski definition) is 0. The zero-order chi connectivity index (χ0) is 21.1. The fraction of sp³-hybridized carbons (Fsp3) is 0.542. The maximum atomic E-state index is 12.8. The van der Waals surface area contributed by atoms with Crippen LogP contribution in [-0.2, 0) is 11.2 Å². The molecule has 0 atom stereocenters. The summed E-state index contributed by atoms with van der Waals surface area (Å²) in [4.78, 5) is 26.6. The average Bonchev–Trinajstić information content (AvgIpc) is 3.30. The van der Waals surface area contributed by atoms with Crippen molar-refractivity contribution in [2.24, 2.45) is 5.92 Å². The molecule has 4 rings (SSSR count). The molecule has 2 aliphatic rings. The molecule has 0 N–H and O–H groups in total. The molecule has 0 unspecified atom stereocenters. The molecule has 2 heterocycles. The highest BCUT2D eigenvalue weighted by Crippen LogP contribution is 2.29. The number of nitrogens with zero attached hydrogens (tertiary/aromatic N) is 4. The second-order valence-electron chi connectivity index (χ2n) is 8.48. The van der Waals surface area contributed by atoms with E-state index in [4.69, 9.17) is 9.72 Å². The minimum absolute atomic E-state index is 0.255. The minimum atomic E-state index is 0.255. The van der Waals surface area contributed by atoms with Crippen molar-refractivity contribution in [1.29, 1.82) is 0 Å². The van der Waals surface area contributed by atoms with Crippen molar-refractivity contribution in [3.05, 3.63) is 46.9 Å². The Labute approximate surface area is 179 Å². The minimum Gasteiger partial charge on any atom is -0.497 e. The average molecular weight is 409 g/mol. The van der Waals surface area contributed by atoms with Gasteiger partial charge in [-0.05, 0) is 44.4 Å². The van der Waals surface area contributed by atoms with Crippen molar-refractivity contribution in [3.63, 3.8) is 0 Å². The molecule has 2 aromatic rings. The van der Waals surface area contributed by atoms with Crippen molar-refractivity contribution in [3.8, 4) is 5.75 Å². The Bertz CT molecular complexity index is 883. The summed E-state index contributed by atoms with van der Waals surface area (Å²) in [6.07, 6.45) is 5.31. The number of aromatic nitrogens is 2. The third-order valence-corrected chi connectivity index (χ3v) is 6.44. The summed E-state index contributed by atoms with van der Waals surface area (Å²) in [5.41, 5.74) is 3.40. The lowest BCUT2D eigenvalue weighted by Gasteiger charge is -2.37. The number of anilines is 1. The maximum absolute atomic E-state index is 12.8. The van der Waals surface area contributed by atoms with Gasteiger partial charge in [-0.3, -0.25) is 4.79 Å². The molecule has 1 aliphatic heterocycles. The Morgan fingerprint density at radius 3 is 2.33 bits per heavy atom. The summed E-state index contributed by atoms with van der Waals surface area (Å²) in [5.74, 6) is 3.29. The first-order valence-electron chi connectivity index (χ1n) is 11.1. The van der Waals surface area contributed by atoms with Crippen molar-refractivity contribution >= 4 is 11.7 Å². The highest BCUT2D eigenvalue weighted by atomic mass is 16.5. The van der Waals surface area contributed by atoms with Crippen molar-refractivity contribution in [1.82, 2.24) is 14.9 Å². The Kier molecular flexibility index (Phi) is 6.21. The molecule has 30 heavy (non-hydrogen) atoms. The SMILES string of the molecule is COc1ccc(Cc2c(C)nc(C)nc2N2CCN(C(=O)C3CCCC3)CC2)cc1. The molecule has 0 spiro atoms. The second-order valence-corrected chi connectivity index (χ2v) is 8.48. The number of carbonyl (C=O) groups excluding carboxylic acids is 1. The largest absolute Gasteiger partial charge is 0.497 e. The van der Waals surface area contributed by atoms with E-state index < -0.39 is 0 Å². The Balaban J connectivity index is 1.50. The van der Waals surface area contributed by atoms with Crippen LogP contribution < -0.4 is 9.64 Å². The molecule has 0 bridgehead atoms. The Morgan fingerprint density at radius 1 is 1.03 bits per heavy atom. The molecule has 1 saturated carbocycles. The molecule has 1 aromatic heterocycles. The maximum Gasteiger partial charge on any atom is 0.225 e. The van der Waals surface area contributed by atoms with Crippen molar-refractivity contribution < 1.29 is 9.53 Å². The van der Waals surface area contributed by atoms with E-state index in [1.807, 2.05) is 19.1 Å². The molecule has 6 nitrogen and oxygen atoms in total. The quantitative estimate of drug-likeness (QED) is 0.757. The first-order chi connectivity index (χ1) is 14.5. The summed E-state index contributed by atoms with van der Waals surface area (Å²) >= 11 is 0. The zero-order valence-corrected chi connectivity index (χ0v) is 18.4. The smallest absolute Gasteiger partial charge is 0.225 e. The first-order valence-corrected chi connectivity index (χ1v) is 11.1. The van der Waals surface area contributed by atoms with Gasteiger partial charge in [0.1, 0.15) is 17.4 Å². The molecule has 1 saturated heterocycles. The van der Waals surface area contributed by atoms with Crippen LogP contribution in [0.2, 0.25) is 0 Å². The van der Waals surface area contributed by atoms with Crippen LogP contribution in [0.5, 0.6) is 5.75 Å². The number of piperazine rings is 1. The van der Waals surface area contributed by atoms with Crippen LogP contribution in [0.3, 0.4) is 0 Å². The van der Waals surface area contributed by atoms with Crippen LogP contribution in [-0.4, -0.2) is 54.1 Å². The van der Waals surface area contributed by atoms with Crippen LogP contribution in [0.1, 0.15) is 48.3 Å². The van der Waals surface area contributed by atoms with E-state index in [0.717, 1.165) is 68.5 Å². The molecule has 1 aliphatic carbocycles. The molecule has 1 aromatic carbocycles. The van der Waals surface area contributed by atoms with Gasteiger partial charge in [-0.25, -0.2) is 9.97 Å². The lowest BCUT2D eigenvalue weighted by Crippen LogP contribution is -2.50. The number of ether oxygens (including phenoxy) is 1. The monoisotopic (exact) mass is 408 g/mol. The molecule has 6 heteroatoms. The lowest BCUT2D eigenvalue weighted by atomic mass is 10.0. The van der Waals surface area contributed by atoms with E-state index in [-0.39, 0.29) is 5.92 Å². The highest BCUT2D eigenvalue weighted by Gasteiger charge is 2.30. The summed E-state index contributed by atoms with van der Waals surface area (Å²) in [6.45, 7) is 7.22. The van der Waals surface area contributed by atoms with Crippen LogP contribution in [0, 0.1) is 19.8 Å². The summed E-state index contributed by atoms with van der Waals surface area (Å²) < 4.78 is 5.28. The van der Waals surface area contributed by atoms with Crippen LogP contribution in [0.4, 0.5) is 5.82 Å². The third-order valence-electron chi connectivity index (χ3n) is 6.44. The zero-order valence-electron chi connectivity index (χ0n) is 18.4.